The Bertz CT molecular complexity index is 1020. The maximum atomic E-state index is 13.2. The molecule has 8 nitrogen and oxygen atoms in total. The number of ether oxygens (including phenoxy) is 3. The van der Waals surface area contributed by atoms with E-state index in [4.69, 9.17) is 14.2 Å². The van der Waals surface area contributed by atoms with E-state index in [0.717, 1.165) is 19.4 Å². The van der Waals surface area contributed by atoms with Crippen molar-refractivity contribution < 1.29 is 22.6 Å². The number of hydrogen-bond acceptors (Lipinski definition) is 7. The minimum atomic E-state index is -3.57. The predicted octanol–water partition coefficient (Wildman–Crippen LogP) is 2.08. The van der Waals surface area contributed by atoms with E-state index in [0.29, 0.717) is 43.8 Å². The van der Waals surface area contributed by atoms with Crippen LogP contribution < -0.4 is 9.47 Å². The zero-order valence-electron chi connectivity index (χ0n) is 17.5. The van der Waals surface area contributed by atoms with Gasteiger partial charge in [0.25, 0.3) is 0 Å². The van der Waals surface area contributed by atoms with Crippen molar-refractivity contribution in [3.05, 3.63) is 48.3 Å². The van der Waals surface area contributed by atoms with Crippen LogP contribution in [0.1, 0.15) is 24.4 Å². The average Bonchev–Trinajstić information content (AvgIpc) is 2.79. The normalized spacial score (nSPS) is 25.2. The lowest BCUT2D eigenvalue weighted by Crippen LogP contribution is -2.60. The largest absolute Gasteiger partial charge is 0.486 e. The summed E-state index contributed by atoms with van der Waals surface area (Å²) in [5.41, 5.74) is 1.19. The number of piperidine rings is 1. The van der Waals surface area contributed by atoms with Gasteiger partial charge in [-0.2, -0.15) is 4.31 Å². The van der Waals surface area contributed by atoms with Gasteiger partial charge in [-0.25, -0.2) is 8.42 Å². The number of nitrogens with zero attached hydrogens (tertiary/aromatic N) is 3. The van der Waals surface area contributed by atoms with Crippen LogP contribution in [0.5, 0.6) is 11.5 Å². The lowest BCUT2D eigenvalue weighted by molar-refractivity contribution is -0.114. The maximum Gasteiger partial charge on any atom is 0.243 e. The summed E-state index contributed by atoms with van der Waals surface area (Å²) in [5, 5.41) is 0. The van der Waals surface area contributed by atoms with Gasteiger partial charge in [0, 0.05) is 51.2 Å². The second-order valence-electron chi connectivity index (χ2n) is 8.14. The lowest BCUT2D eigenvalue weighted by atomic mass is 9.87. The van der Waals surface area contributed by atoms with Crippen LogP contribution in [-0.2, 0) is 14.8 Å². The highest BCUT2D eigenvalue weighted by molar-refractivity contribution is 7.89. The first-order valence-electron chi connectivity index (χ1n) is 10.7. The van der Waals surface area contributed by atoms with Crippen molar-refractivity contribution in [1.82, 2.24) is 14.2 Å². The molecule has 0 aliphatic carbocycles. The molecule has 0 radical (unpaired) electrons. The van der Waals surface area contributed by atoms with Crippen LogP contribution in [0.3, 0.4) is 0 Å². The van der Waals surface area contributed by atoms with Crippen LogP contribution in [0.25, 0.3) is 0 Å². The summed E-state index contributed by atoms with van der Waals surface area (Å²) in [5.74, 6) is 1.09. The van der Waals surface area contributed by atoms with E-state index in [1.807, 2.05) is 12.1 Å². The van der Waals surface area contributed by atoms with E-state index in [2.05, 4.69) is 9.88 Å². The Hall–Kier alpha value is -2.20. The van der Waals surface area contributed by atoms with Gasteiger partial charge in [0.2, 0.25) is 10.0 Å². The fourth-order valence-corrected chi connectivity index (χ4v) is 6.28. The fraction of sp³-hybridized carbons (Fsp3) is 0.500. The average molecular weight is 446 g/mol. The third-order valence-electron chi connectivity index (χ3n) is 6.49. The van der Waals surface area contributed by atoms with Gasteiger partial charge in [-0.05, 0) is 42.7 Å². The Kier molecular flexibility index (Phi) is 5.60. The number of methoxy groups -OCH3 is 1. The fourth-order valence-electron chi connectivity index (χ4n) is 4.79. The Morgan fingerprint density at radius 3 is 2.45 bits per heavy atom. The van der Waals surface area contributed by atoms with Crippen molar-refractivity contribution >= 4 is 10.0 Å². The Balaban J connectivity index is 1.27. The molecule has 31 heavy (non-hydrogen) atoms. The van der Waals surface area contributed by atoms with Crippen LogP contribution in [0.2, 0.25) is 0 Å². The van der Waals surface area contributed by atoms with Gasteiger partial charge in [-0.3, -0.25) is 9.88 Å². The molecule has 2 aromatic rings. The lowest BCUT2D eigenvalue weighted by Gasteiger charge is -2.52. The summed E-state index contributed by atoms with van der Waals surface area (Å²) in [6, 6.07) is 9.45. The number of hydrogen-bond donors (Lipinski definition) is 0. The van der Waals surface area contributed by atoms with Gasteiger partial charge in [0.15, 0.2) is 11.5 Å². The Morgan fingerprint density at radius 2 is 1.74 bits per heavy atom. The quantitative estimate of drug-likeness (QED) is 0.697. The molecule has 2 fully saturated rings. The van der Waals surface area contributed by atoms with Gasteiger partial charge >= 0.3 is 0 Å². The van der Waals surface area contributed by atoms with Crippen molar-refractivity contribution in [2.24, 2.45) is 0 Å². The second-order valence-corrected chi connectivity index (χ2v) is 10.1. The molecule has 0 N–H and O–H groups in total. The van der Waals surface area contributed by atoms with Gasteiger partial charge in [-0.1, -0.05) is 0 Å². The molecule has 0 bridgehead atoms. The third-order valence-corrected chi connectivity index (χ3v) is 8.39. The molecule has 9 heteroatoms. The predicted molar refractivity (Wildman–Crippen MR) is 114 cm³/mol. The van der Waals surface area contributed by atoms with Crippen LogP contribution in [-0.4, -0.2) is 74.7 Å². The van der Waals surface area contributed by atoms with E-state index >= 15 is 0 Å². The summed E-state index contributed by atoms with van der Waals surface area (Å²) < 4.78 is 44.7. The molecule has 166 valence electrons. The molecule has 2 saturated heterocycles. The highest BCUT2D eigenvalue weighted by Gasteiger charge is 2.45. The third kappa shape index (κ3) is 3.80. The number of rotatable bonds is 5. The zero-order valence-corrected chi connectivity index (χ0v) is 18.3. The van der Waals surface area contributed by atoms with E-state index in [1.165, 1.54) is 5.56 Å². The zero-order chi connectivity index (χ0) is 21.4. The second kappa shape index (κ2) is 8.38. The van der Waals surface area contributed by atoms with Crippen LogP contribution in [0.4, 0.5) is 0 Å². The first-order valence-corrected chi connectivity index (χ1v) is 12.1. The number of aromatic nitrogens is 1. The van der Waals surface area contributed by atoms with E-state index < -0.39 is 10.0 Å². The van der Waals surface area contributed by atoms with Gasteiger partial charge in [0.1, 0.15) is 13.2 Å². The van der Waals surface area contributed by atoms with Crippen molar-refractivity contribution in [3.63, 3.8) is 0 Å². The number of benzene rings is 1. The first kappa shape index (κ1) is 20.7. The summed E-state index contributed by atoms with van der Waals surface area (Å²) >= 11 is 0. The molecule has 4 heterocycles. The molecular weight excluding hydrogens is 418 g/mol. The molecule has 5 rings (SSSR count). The van der Waals surface area contributed by atoms with Crippen LogP contribution >= 0.6 is 0 Å². The van der Waals surface area contributed by atoms with Crippen molar-refractivity contribution in [2.45, 2.75) is 35.9 Å². The summed E-state index contributed by atoms with van der Waals surface area (Å²) in [4.78, 5) is 6.82. The molecule has 0 saturated carbocycles. The number of pyridine rings is 1. The molecular formula is C22H27N3O5S. The van der Waals surface area contributed by atoms with Gasteiger partial charge in [0.05, 0.1) is 17.0 Å². The molecule has 3 aliphatic heterocycles. The molecule has 2 unspecified atom stereocenters. The molecule has 0 spiro atoms. The van der Waals surface area contributed by atoms with Crippen LogP contribution in [0.15, 0.2) is 47.6 Å². The van der Waals surface area contributed by atoms with Crippen LogP contribution in [0, 0.1) is 0 Å². The molecule has 3 aliphatic rings. The van der Waals surface area contributed by atoms with Crippen molar-refractivity contribution in [2.75, 3.05) is 40.0 Å². The minimum absolute atomic E-state index is 0.155. The van der Waals surface area contributed by atoms with Gasteiger partial charge in [-0.15, -0.1) is 0 Å². The standard InChI is InChI=1S/C22H27N3O5S/c1-28-21-15-25(22(21)16-4-8-23-9-5-16)17-6-10-24(11-7-17)31(26,27)18-2-3-19-20(14-18)30-13-12-29-19/h2-5,8-9,14,17,21-22H,6-7,10-13,15H2,1H3. The van der Waals surface area contributed by atoms with Gasteiger partial charge < -0.3 is 14.2 Å². The summed E-state index contributed by atoms with van der Waals surface area (Å²) in [6.07, 6.45) is 5.35. The van der Waals surface area contributed by atoms with Crippen molar-refractivity contribution in [1.29, 1.82) is 0 Å². The minimum Gasteiger partial charge on any atom is -0.486 e. The van der Waals surface area contributed by atoms with E-state index in [1.54, 1.807) is 42.0 Å². The molecule has 1 aromatic carbocycles. The highest BCUT2D eigenvalue weighted by atomic mass is 32.2. The first-order chi connectivity index (χ1) is 15.1. The molecule has 1 aromatic heterocycles. The topological polar surface area (TPSA) is 81.2 Å². The smallest absolute Gasteiger partial charge is 0.243 e. The number of fused-ring (bicyclic) bond motifs is 1. The van der Waals surface area contributed by atoms with E-state index in [9.17, 15) is 8.42 Å². The number of likely N-dealkylation sites (tertiary alicyclic amines) is 1. The molecule has 0 amide bonds. The van der Waals surface area contributed by atoms with E-state index in [-0.39, 0.29) is 17.0 Å². The molecule has 2 atom stereocenters. The Morgan fingerprint density at radius 1 is 1.03 bits per heavy atom. The van der Waals surface area contributed by atoms with Crippen molar-refractivity contribution in [3.8, 4) is 11.5 Å². The maximum absolute atomic E-state index is 13.2. The Labute approximate surface area is 182 Å². The summed E-state index contributed by atoms with van der Waals surface area (Å²) in [6.45, 7) is 2.77. The monoisotopic (exact) mass is 445 g/mol. The summed E-state index contributed by atoms with van der Waals surface area (Å²) in [7, 11) is -1.82. The number of sulfonamides is 1. The SMILES string of the molecule is COC1CN(C2CCN(S(=O)(=O)c3ccc4c(c3)OCCO4)CC2)C1c1ccncc1. The highest BCUT2D eigenvalue weighted by Crippen LogP contribution is 2.40.